The number of hydrogen-bond donors (Lipinski definition) is 1. The fraction of sp³-hybridized carbons (Fsp3) is 0.533. The normalized spacial score (nSPS) is 18.6. The van der Waals surface area contributed by atoms with Crippen molar-refractivity contribution in [3.63, 3.8) is 0 Å². The lowest BCUT2D eigenvalue weighted by Crippen LogP contribution is -2.27. The summed E-state index contributed by atoms with van der Waals surface area (Å²) >= 11 is 0. The molecule has 3 rings (SSSR count). The maximum atomic E-state index is 5.73. The highest BCUT2D eigenvalue weighted by Gasteiger charge is 2.29. The SMILES string of the molecule is CC(C)CNC(C)c1nnnn1C1COc2ccccc21. The van der Waals surface area contributed by atoms with Crippen molar-refractivity contribution in [2.24, 2.45) is 5.92 Å². The third kappa shape index (κ3) is 2.76. The molecule has 1 aromatic heterocycles. The van der Waals surface area contributed by atoms with Crippen molar-refractivity contribution >= 4 is 0 Å². The van der Waals surface area contributed by atoms with Gasteiger partial charge in [-0.2, -0.15) is 0 Å². The van der Waals surface area contributed by atoms with Gasteiger partial charge in [-0.1, -0.05) is 32.0 Å². The Hall–Kier alpha value is -1.95. The zero-order chi connectivity index (χ0) is 14.8. The van der Waals surface area contributed by atoms with E-state index in [4.69, 9.17) is 4.74 Å². The van der Waals surface area contributed by atoms with Crippen LogP contribution in [0, 0.1) is 5.92 Å². The molecule has 0 amide bonds. The molecular formula is C15H21N5O. The molecule has 0 saturated heterocycles. The summed E-state index contributed by atoms with van der Waals surface area (Å²) in [6, 6.07) is 8.22. The Morgan fingerprint density at radius 2 is 2.14 bits per heavy atom. The molecule has 1 aliphatic rings. The van der Waals surface area contributed by atoms with E-state index in [-0.39, 0.29) is 12.1 Å². The van der Waals surface area contributed by atoms with E-state index in [2.05, 4.69) is 47.7 Å². The summed E-state index contributed by atoms with van der Waals surface area (Å²) in [6.07, 6.45) is 0. The summed E-state index contributed by atoms with van der Waals surface area (Å²) in [7, 11) is 0. The summed E-state index contributed by atoms with van der Waals surface area (Å²) in [6.45, 7) is 7.97. The van der Waals surface area contributed by atoms with Gasteiger partial charge in [0.15, 0.2) is 5.82 Å². The molecular weight excluding hydrogens is 266 g/mol. The summed E-state index contributed by atoms with van der Waals surface area (Å²) < 4.78 is 7.61. The Morgan fingerprint density at radius 3 is 2.95 bits per heavy atom. The molecule has 0 bridgehead atoms. The van der Waals surface area contributed by atoms with Gasteiger partial charge in [0.05, 0.1) is 6.04 Å². The van der Waals surface area contributed by atoms with Gasteiger partial charge in [0.2, 0.25) is 0 Å². The topological polar surface area (TPSA) is 64.9 Å². The Labute approximate surface area is 124 Å². The Balaban J connectivity index is 1.83. The molecule has 2 unspecified atom stereocenters. The second-order valence-electron chi connectivity index (χ2n) is 5.87. The van der Waals surface area contributed by atoms with E-state index in [0.29, 0.717) is 12.5 Å². The number of tetrazole rings is 1. The lowest BCUT2D eigenvalue weighted by molar-refractivity contribution is 0.299. The van der Waals surface area contributed by atoms with Gasteiger partial charge in [0.1, 0.15) is 18.4 Å². The highest BCUT2D eigenvalue weighted by atomic mass is 16.5. The number of benzene rings is 1. The van der Waals surface area contributed by atoms with E-state index in [1.807, 2.05) is 22.9 Å². The summed E-state index contributed by atoms with van der Waals surface area (Å²) in [4.78, 5) is 0. The number of nitrogens with zero attached hydrogens (tertiary/aromatic N) is 4. The van der Waals surface area contributed by atoms with Crippen LogP contribution in [0.4, 0.5) is 0 Å². The predicted octanol–water partition coefficient (Wildman–Crippen LogP) is 1.96. The van der Waals surface area contributed by atoms with Crippen LogP contribution >= 0.6 is 0 Å². The summed E-state index contributed by atoms with van der Waals surface area (Å²) in [5.74, 6) is 2.36. The van der Waals surface area contributed by atoms with E-state index < -0.39 is 0 Å². The van der Waals surface area contributed by atoms with Crippen LogP contribution in [0.25, 0.3) is 0 Å². The van der Waals surface area contributed by atoms with E-state index in [0.717, 1.165) is 23.7 Å². The van der Waals surface area contributed by atoms with Crippen LogP contribution in [0.15, 0.2) is 24.3 Å². The minimum absolute atomic E-state index is 0.0505. The second kappa shape index (κ2) is 5.81. The first-order chi connectivity index (χ1) is 10.2. The molecule has 0 radical (unpaired) electrons. The summed E-state index contributed by atoms with van der Waals surface area (Å²) in [5.41, 5.74) is 1.14. The number of fused-ring (bicyclic) bond motifs is 1. The molecule has 1 aliphatic heterocycles. The van der Waals surface area contributed by atoms with Crippen molar-refractivity contribution in [3.05, 3.63) is 35.7 Å². The average Bonchev–Trinajstić information content (AvgIpc) is 3.10. The number of aromatic nitrogens is 4. The van der Waals surface area contributed by atoms with Gasteiger partial charge in [-0.25, -0.2) is 4.68 Å². The van der Waals surface area contributed by atoms with Crippen molar-refractivity contribution in [3.8, 4) is 5.75 Å². The molecule has 0 spiro atoms. The molecule has 6 nitrogen and oxygen atoms in total. The number of nitrogens with one attached hydrogen (secondary N) is 1. The average molecular weight is 287 g/mol. The fourth-order valence-electron chi connectivity index (χ4n) is 2.56. The van der Waals surface area contributed by atoms with Gasteiger partial charge in [-0.05, 0) is 35.9 Å². The van der Waals surface area contributed by atoms with Gasteiger partial charge in [-0.15, -0.1) is 5.10 Å². The van der Waals surface area contributed by atoms with Crippen molar-refractivity contribution < 1.29 is 4.74 Å². The molecule has 2 aromatic rings. The quantitative estimate of drug-likeness (QED) is 0.910. The number of hydrogen-bond acceptors (Lipinski definition) is 5. The van der Waals surface area contributed by atoms with E-state index in [1.165, 1.54) is 0 Å². The van der Waals surface area contributed by atoms with E-state index in [1.54, 1.807) is 0 Å². The smallest absolute Gasteiger partial charge is 0.168 e. The molecule has 2 heterocycles. The van der Waals surface area contributed by atoms with Gasteiger partial charge in [0.25, 0.3) is 0 Å². The standard InChI is InChI=1S/C15H21N5O/c1-10(2)8-16-11(3)15-17-18-19-20(15)13-9-21-14-7-5-4-6-12(13)14/h4-7,10-11,13,16H,8-9H2,1-3H3. The third-order valence-corrected chi connectivity index (χ3v) is 3.71. The zero-order valence-corrected chi connectivity index (χ0v) is 12.7. The molecule has 6 heteroatoms. The fourth-order valence-corrected chi connectivity index (χ4v) is 2.56. The van der Waals surface area contributed by atoms with E-state index >= 15 is 0 Å². The molecule has 1 N–H and O–H groups in total. The monoisotopic (exact) mass is 287 g/mol. The first-order valence-corrected chi connectivity index (χ1v) is 7.39. The number of para-hydroxylation sites is 1. The molecule has 0 fully saturated rings. The van der Waals surface area contributed by atoms with Gasteiger partial charge in [-0.3, -0.25) is 0 Å². The molecule has 112 valence electrons. The van der Waals surface area contributed by atoms with Gasteiger partial charge < -0.3 is 10.1 Å². The van der Waals surface area contributed by atoms with Crippen LogP contribution < -0.4 is 10.1 Å². The Kier molecular flexibility index (Phi) is 3.88. The molecule has 1 aromatic carbocycles. The van der Waals surface area contributed by atoms with Crippen LogP contribution in [-0.2, 0) is 0 Å². The molecule has 21 heavy (non-hydrogen) atoms. The maximum Gasteiger partial charge on any atom is 0.168 e. The number of ether oxygens (including phenoxy) is 1. The number of rotatable bonds is 5. The Bertz CT molecular complexity index is 610. The Morgan fingerprint density at radius 1 is 1.33 bits per heavy atom. The van der Waals surface area contributed by atoms with E-state index in [9.17, 15) is 0 Å². The molecule has 2 atom stereocenters. The highest BCUT2D eigenvalue weighted by Crippen LogP contribution is 2.34. The first-order valence-electron chi connectivity index (χ1n) is 7.39. The van der Waals surface area contributed by atoms with Crippen molar-refractivity contribution in [1.82, 2.24) is 25.5 Å². The molecule has 0 saturated carbocycles. The second-order valence-corrected chi connectivity index (χ2v) is 5.87. The predicted molar refractivity (Wildman–Crippen MR) is 79.1 cm³/mol. The largest absolute Gasteiger partial charge is 0.491 e. The van der Waals surface area contributed by atoms with Crippen LogP contribution in [0.1, 0.15) is 44.2 Å². The summed E-state index contributed by atoms with van der Waals surface area (Å²) in [5, 5.41) is 15.7. The minimum atomic E-state index is 0.0505. The van der Waals surface area contributed by atoms with Crippen LogP contribution in [-0.4, -0.2) is 33.4 Å². The molecule has 0 aliphatic carbocycles. The maximum absolute atomic E-state index is 5.73. The lowest BCUT2D eigenvalue weighted by atomic mass is 10.1. The first kappa shape index (κ1) is 14.0. The van der Waals surface area contributed by atoms with Crippen LogP contribution in [0.2, 0.25) is 0 Å². The van der Waals surface area contributed by atoms with Gasteiger partial charge >= 0.3 is 0 Å². The van der Waals surface area contributed by atoms with Crippen LogP contribution in [0.3, 0.4) is 0 Å². The van der Waals surface area contributed by atoms with Gasteiger partial charge in [0, 0.05) is 5.56 Å². The van der Waals surface area contributed by atoms with Crippen molar-refractivity contribution in [2.45, 2.75) is 32.9 Å². The highest BCUT2D eigenvalue weighted by molar-refractivity contribution is 5.39. The minimum Gasteiger partial charge on any atom is -0.491 e. The third-order valence-electron chi connectivity index (χ3n) is 3.71. The van der Waals surface area contributed by atoms with Crippen molar-refractivity contribution in [1.29, 1.82) is 0 Å². The zero-order valence-electron chi connectivity index (χ0n) is 12.7. The van der Waals surface area contributed by atoms with Crippen molar-refractivity contribution in [2.75, 3.05) is 13.2 Å². The van der Waals surface area contributed by atoms with Crippen LogP contribution in [0.5, 0.6) is 5.75 Å². The lowest BCUT2D eigenvalue weighted by Gasteiger charge is -2.17.